The molecule has 1 spiro atoms. The predicted molar refractivity (Wildman–Crippen MR) is 124 cm³/mol. The summed E-state index contributed by atoms with van der Waals surface area (Å²) >= 11 is 0. The number of hydrogen-bond acceptors (Lipinski definition) is 6. The zero-order chi connectivity index (χ0) is 24.9. The Labute approximate surface area is 205 Å². The maximum Gasteiger partial charge on any atom is 0.425 e. The number of carbonyl (C=O) groups excluding carboxylic acids is 1. The average Bonchev–Trinajstić information content (AvgIpc) is 3.22. The number of rotatable bonds is 7. The minimum Gasteiger partial charge on any atom is -0.492 e. The van der Waals surface area contributed by atoms with Crippen LogP contribution in [0.25, 0.3) is 0 Å². The highest BCUT2D eigenvalue weighted by Crippen LogP contribution is 2.39. The molecule has 3 heterocycles. The van der Waals surface area contributed by atoms with E-state index in [2.05, 4.69) is 26.7 Å². The van der Waals surface area contributed by atoms with Crippen molar-refractivity contribution in [2.45, 2.75) is 57.0 Å². The van der Waals surface area contributed by atoms with E-state index in [9.17, 15) is 18.0 Å². The van der Waals surface area contributed by atoms with Crippen molar-refractivity contribution in [2.24, 2.45) is 0 Å². The van der Waals surface area contributed by atoms with Gasteiger partial charge < -0.3 is 19.1 Å². The van der Waals surface area contributed by atoms with Crippen LogP contribution in [0.4, 0.5) is 18.0 Å². The summed E-state index contributed by atoms with van der Waals surface area (Å²) in [6.07, 6.45) is -3.91. The molecule has 3 saturated heterocycles. The minimum absolute atomic E-state index is 0.0141. The van der Waals surface area contributed by atoms with Crippen molar-refractivity contribution in [1.82, 2.24) is 14.7 Å². The number of nitrogens with zero attached hydrogens (tertiary/aromatic N) is 3. The quantitative estimate of drug-likeness (QED) is 0.567. The van der Waals surface area contributed by atoms with Gasteiger partial charge in [0, 0.05) is 44.8 Å². The molecule has 0 radical (unpaired) electrons. The molecule has 1 atom stereocenters. The first-order valence-corrected chi connectivity index (χ1v) is 12.5. The second-order valence-corrected chi connectivity index (χ2v) is 9.75. The Hall–Kier alpha value is -2.04. The van der Waals surface area contributed by atoms with Gasteiger partial charge >= 0.3 is 12.3 Å². The van der Waals surface area contributed by atoms with Crippen molar-refractivity contribution in [1.29, 1.82) is 0 Å². The molecule has 0 bridgehead atoms. The molecule has 0 N–H and O–H groups in total. The van der Waals surface area contributed by atoms with E-state index >= 15 is 0 Å². The lowest BCUT2D eigenvalue weighted by molar-refractivity contribution is -0.200. The molecule has 1 aromatic rings. The molecule has 7 nitrogen and oxygen atoms in total. The SMILES string of the molecule is CC(OC(=O)N1CCC2(CCCN2Cc2ccc(OCCN3CCOCC3)cc2)CC1)C(F)(F)F. The maximum absolute atomic E-state index is 12.7. The van der Waals surface area contributed by atoms with Crippen LogP contribution >= 0.6 is 0 Å². The Bertz CT molecular complexity index is 822. The molecule has 1 unspecified atom stereocenters. The van der Waals surface area contributed by atoms with Crippen LogP contribution in [0.15, 0.2) is 24.3 Å². The van der Waals surface area contributed by atoms with Crippen molar-refractivity contribution in [3.63, 3.8) is 0 Å². The van der Waals surface area contributed by atoms with Gasteiger partial charge in [-0.1, -0.05) is 12.1 Å². The zero-order valence-corrected chi connectivity index (χ0v) is 20.4. The van der Waals surface area contributed by atoms with Crippen LogP contribution in [0.5, 0.6) is 5.75 Å². The summed E-state index contributed by atoms with van der Waals surface area (Å²) in [6.45, 7) is 8.48. The van der Waals surface area contributed by atoms with E-state index in [0.29, 0.717) is 19.7 Å². The van der Waals surface area contributed by atoms with Gasteiger partial charge in [-0.2, -0.15) is 13.2 Å². The van der Waals surface area contributed by atoms with E-state index in [0.717, 1.165) is 84.3 Å². The van der Waals surface area contributed by atoms with Gasteiger partial charge in [0.1, 0.15) is 12.4 Å². The summed E-state index contributed by atoms with van der Waals surface area (Å²) < 4.78 is 54.1. The standard InChI is InChI=1S/C25H36F3N3O4/c1-20(25(26,27)28)35-23(32)30-11-8-24(9-12-30)7-2-10-31(24)19-21-3-5-22(6-4-21)34-18-15-29-13-16-33-17-14-29/h3-6,20H,2,7-19H2,1H3. The molecule has 0 saturated carbocycles. The molecule has 35 heavy (non-hydrogen) atoms. The number of hydrogen-bond donors (Lipinski definition) is 0. The number of ether oxygens (including phenoxy) is 3. The summed E-state index contributed by atoms with van der Waals surface area (Å²) in [4.78, 5) is 18.4. The van der Waals surface area contributed by atoms with Crippen molar-refractivity contribution >= 4 is 6.09 Å². The molecule has 1 amide bonds. The van der Waals surface area contributed by atoms with Crippen LogP contribution < -0.4 is 4.74 Å². The molecule has 1 aromatic carbocycles. The van der Waals surface area contributed by atoms with Crippen LogP contribution in [0.1, 0.15) is 38.2 Å². The highest BCUT2D eigenvalue weighted by atomic mass is 19.4. The zero-order valence-electron chi connectivity index (χ0n) is 20.4. The molecule has 3 aliphatic rings. The highest BCUT2D eigenvalue weighted by molar-refractivity contribution is 5.68. The van der Waals surface area contributed by atoms with Crippen molar-refractivity contribution in [2.75, 3.05) is 59.1 Å². The van der Waals surface area contributed by atoms with E-state index in [1.807, 2.05) is 12.1 Å². The highest BCUT2D eigenvalue weighted by Gasteiger charge is 2.45. The van der Waals surface area contributed by atoms with Gasteiger partial charge in [-0.15, -0.1) is 0 Å². The first-order valence-electron chi connectivity index (χ1n) is 12.5. The summed E-state index contributed by atoms with van der Waals surface area (Å²) in [6, 6.07) is 8.22. The Morgan fingerprint density at radius 1 is 1.06 bits per heavy atom. The monoisotopic (exact) mass is 499 g/mol. The van der Waals surface area contributed by atoms with Crippen molar-refractivity contribution in [3.05, 3.63) is 29.8 Å². The summed E-state index contributed by atoms with van der Waals surface area (Å²) in [5.74, 6) is 0.859. The van der Waals surface area contributed by atoms with E-state index in [1.54, 1.807) is 0 Å². The van der Waals surface area contributed by atoms with E-state index < -0.39 is 18.4 Å². The van der Waals surface area contributed by atoms with Crippen LogP contribution in [0, 0.1) is 0 Å². The fourth-order valence-corrected chi connectivity index (χ4v) is 5.23. The third-order valence-electron chi connectivity index (χ3n) is 7.51. The normalized spacial score (nSPS) is 22.3. The number of alkyl halides is 3. The van der Waals surface area contributed by atoms with Gasteiger partial charge in [0.05, 0.1) is 13.2 Å². The Morgan fingerprint density at radius 2 is 1.74 bits per heavy atom. The average molecular weight is 500 g/mol. The summed E-state index contributed by atoms with van der Waals surface area (Å²) in [7, 11) is 0. The van der Waals surface area contributed by atoms with E-state index in [1.165, 1.54) is 10.5 Å². The van der Waals surface area contributed by atoms with Gasteiger partial charge in [-0.3, -0.25) is 9.80 Å². The largest absolute Gasteiger partial charge is 0.492 e. The molecule has 3 fully saturated rings. The smallest absolute Gasteiger partial charge is 0.425 e. The number of carbonyl (C=O) groups is 1. The number of benzene rings is 1. The minimum atomic E-state index is -4.54. The lowest BCUT2D eigenvalue weighted by Crippen LogP contribution is -2.53. The second kappa shape index (κ2) is 11.3. The summed E-state index contributed by atoms with van der Waals surface area (Å²) in [5.41, 5.74) is 1.19. The van der Waals surface area contributed by atoms with Crippen molar-refractivity contribution in [3.8, 4) is 5.75 Å². The first-order chi connectivity index (χ1) is 16.7. The van der Waals surface area contributed by atoms with Crippen LogP contribution in [0.3, 0.4) is 0 Å². The maximum atomic E-state index is 12.7. The number of halogens is 3. The molecular weight excluding hydrogens is 463 g/mol. The van der Waals surface area contributed by atoms with Crippen LogP contribution in [-0.4, -0.2) is 97.7 Å². The lowest BCUT2D eigenvalue weighted by Gasteiger charge is -2.45. The number of likely N-dealkylation sites (tertiary alicyclic amines) is 2. The molecule has 0 aromatic heterocycles. The van der Waals surface area contributed by atoms with E-state index in [4.69, 9.17) is 9.47 Å². The number of amides is 1. The Kier molecular flexibility index (Phi) is 8.44. The van der Waals surface area contributed by atoms with Crippen LogP contribution in [0.2, 0.25) is 0 Å². The van der Waals surface area contributed by atoms with E-state index in [-0.39, 0.29) is 5.54 Å². The van der Waals surface area contributed by atoms with Gasteiger partial charge in [0.2, 0.25) is 0 Å². The fraction of sp³-hybridized carbons (Fsp3) is 0.720. The third kappa shape index (κ3) is 6.80. The molecule has 196 valence electrons. The molecule has 3 aliphatic heterocycles. The van der Waals surface area contributed by atoms with Gasteiger partial charge in [0.25, 0.3) is 0 Å². The topological polar surface area (TPSA) is 54.5 Å². The molecule has 0 aliphatic carbocycles. The van der Waals surface area contributed by atoms with Crippen molar-refractivity contribution < 1.29 is 32.2 Å². The Balaban J connectivity index is 1.24. The number of piperidine rings is 1. The first kappa shape index (κ1) is 26.0. The summed E-state index contributed by atoms with van der Waals surface area (Å²) in [5, 5.41) is 0. The second-order valence-electron chi connectivity index (χ2n) is 9.75. The van der Waals surface area contributed by atoms with Gasteiger partial charge in [0.15, 0.2) is 6.10 Å². The lowest BCUT2D eigenvalue weighted by atomic mass is 9.85. The van der Waals surface area contributed by atoms with Gasteiger partial charge in [-0.25, -0.2) is 4.79 Å². The predicted octanol–water partition coefficient (Wildman–Crippen LogP) is 3.92. The molecular formula is C25H36F3N3O4. The molecule has 4 rings (SSSR count). The van der Waals surface area contributed by atoms with Crippen LogP contribution in [-0.2, 0) is 16.0 Å². The number of morpholine rings is 1. The molecule has 10 heteroatoms. The van der Waals surface area contributed by atoms with Gasteiger partial charge in [-0.05, 0) is 56.8 Å². The third-order valence-corrected chi connectivity index (χ3v) is 7.51. The Morgan fingerprint density at radius 3 is 2.40 bits per heavy atom. The fourth-order valence-electron chi connectivity index (χ4n) is 5.23.